The Morgan fingerprint density at radius 3 is 2.71 bits per heavy atom. The molecular weight excluding hydrogens is 302 g/mol. The average Bonchev–Trinajstić information content (AvgIpc) is 2.89. The number of hydrogen-bond acceptors (Lipinski definition) is 5. The maximum Gasteiger partial charge on any atom is 0.348 e. The van der Waals surface area contributed by atoms with Crippen LogP contribution in [0.15, 0.2) is 35.5 Å². The Kier molecular flexibility index (Phi) is 5.06. The lowest BCUT2D eigenvalue weighted by Crippen LogP contribution is -2.08. The molecule has 0 spiro atoms. The SMILES string of the molecule is COC(=O)c1sc(C(C)(C)C)cc1CSc1ccccn1. The maximum atomic E-state index is 11.9. The van der Waals surface area contributed by atoms with Crippen LogP contribution >= 0.6 is 23.1 Å². The summed E-state index contributed by atoms with van der Waals surface area (Å²) in [5, 5.41) is 0.955. The summed E-state index contributed by atoms with van der Waals surface area (Å²) in [6, 6.07) is 7.95. The molecule has 0 radical (unpaired) electrons. The van der Waals surface area contributed by atoms with Gasteiger partial charge in [0, 0.05) is 16.8 Å². The van der Waals surface area contributed by atoms with E-state index >= 15 is 0 Å². The van der Waals surface area contributed by atoms with E-state index in [0.29, 0.717) is 10.6 Å². The third kappa shape index (κ3) is 4.08. The second-order valence-corrected chi connectivity index (χ2v) is 7.71. The van der Waals surface area contributed by atoms with Crippen molar-refractivity contribution in [2.75, 3.05) is 7.11 Å². The number of rotatable bonds is 4. The van der Waals surface area contributed by atoms with Crippen molar-refractivity contribution in [3.05, 3.63) is 45.8 Å². The Labute approximate surface area is 133 Å². The summed E-state index contributed by atoms with van der Waals surface area (Å²) in [5.41, 5.74) is 1.05. The monoisotopic (exact) mass is 321 g/mol. The second-order valence-electron chi connectivity index (χ2n) is 5.66. The molecule has 2 aromatic rings. The van der Waals surface area contributed by atoms with Crippen LogP contribution < -0.4 is 0 Å². The molecule has 5 heteroatoms. The number of carbonyl (C=O) groups excluding carboxylic acids is 1. The molecule has 0 aliphatic carbocycles. The number of ether oxygens (including phenoxy) is 1. The number of aromatic nitrogens is 1. The maximum absolute atomic E-state index is 11.9. The van der Waals surface area contributed by atoms with Gasteiger partial charge in [0.25, 0.3) is 0 Å². The lowest BCUT2D eigenvalue weighted by Gasteiger charge is -2.15. The minimum Gasteiger partial charge on any atom is -0.465 e. The van der Waals surface area contributed by atoms with Crippen molar-refractivity contribution < 1.29 is 9.53 Å². The molecule has 0 saturated heterocycles. The van der Waals surface area contributed by atoms with Crippen molar-refractivity contribution in [3.63, 3.8) is 0 Å². The van der Waals surface area contributed by atoms with Gasteiger partial charge in [-0.15, -0.1) is 23.1 Å². The number of thiophene rings is 1. The van der Waals surface area contributed by atoms with Crippen LogP contribution in [-0.4, -0.2) is 18.1 Å². The highest BCUT2D eigenvalue weighted by Gasteiger charge is 2.23. The summed E-state index contributed by atoms with van der Waals surface area (Å²) in [6.07, 6.45) is 1.78. The first kappa shape index (κ1) is 16.0. The van der Waals surface area contributed by atoms with E-state index in [2.05, 4.69) is 31.8 Å². The van der Waals surface area contributed by atoms with Gasteiger partial charge in [-0.05, 0) is 29.2 Å². The largest absolute Gasteiger partial charge is 0.465 e. The van der Waals surface area contributed by atoms with Crippen molar-refractivity contribution in [2.45, 2.75) is 37.0 Å². The highest BCUT2D eigenvalue weighted by molar-refractivity contribution is 7.98. The fraction of sp³-hybridized carbons (Fsp3) is 0.375. The van der Waals surface area contributed by atoms with Crippen LogP contribution in [0.3, 0.4) is 0 Å². The van der Waals surface area contributed by atoms with E-state index in [4.69, 9.17) is 4.74 Å². The van der Waals surface area contributed by atoms with Crippen molar-refractivity contribution in [3.8, 4) is 0 Å². The van der Waals surface area contributed by atoms with Gasteiger partial charge < -0.3 is 4.74 Å². The summed E-state index contributed by atoms with van der Waals surface area (Å²) in [5.74, 6) is 0.459. The van der Waals surface area contributed by atoms with Gasteiger partial charge >= 0.3 is 5.97 Å². The van der Waals surface area contributed by atoms with Crippen LogP contribution in [0.2, 0.25) is 0 Å². The Morgan fingerprint density at radius 1 is 1.38 bits per heavy atom. The van der Waals surface area contributed by atoms with Crippen LogP contribution in [0.25, 0.3) is 0 Å². The van der Waals surface area contributed by atoms with Crippen molar-refractivity contribution in [2.24, 2.45) is 0 Å². The number of methoxy groups -OCH3 is 1. The number of esters is 1. The molecule has 0 unspecified atom stereocenters. The summed E-state index contributed by atoms with van der Waals surface area (Å²) in [7, 11) is 1.43. The minimum absolute atomic E-state index is 0.0291. The first-order valence-electron chi connectivity index (χ1n) is 6.67. The predicted molar refractivity (Wildman–Crippen MR) is 88.2 cm³/mol. The van der Waals surface area contributed by atoms with Gasteiger partial charge in [0.15, 0.2) is 0 Å². The zero-order valence-electron chi connectivity index (χ0n) is 12.7. The van der Waals surface area contributed by atoms with Gasteiger partial charge in [-0.2, -0.15) is 0 Å². The van der Waals surface area contributed by atoms with Crippen LogP contribution in [0.4, 0.5) is 0 Å². The number of hydrogen-bond donors (Lipinski definition) is 0. The third-order valence-electron chi connectivity index (χ3n) is 2.93. The van der Waals surface area contributed by atoms with Crippen molar-refractivity contribution in [1.82, 2.24) is 4.98 Å². The number of carbonyl (C=O) groups is 1. The van der Waals surface area contributed by atoms with Crippen LogP contribution in [-0.2, 0) is 15.9 Å². The summed E-state index contributed by atoms with van der Waals surface area (Å²) in [4.78, 5) is 18.1. The molecule has 2 aromatic heterocycles. The Bertz CT molecular complexity index is 615. The lowest BCUT2D eigenvalue weighted by molar-refractivity contribution is 0.0605. The fourth-order valence-electron chi connectivity index (χ4n) is 1.76. The van der Waals surface area contributed by atoms with Crippen LogP contribution in [0, 0.1) is 0 Å². The second kappa shape index (κ2) is 6.62. The molecule has 0 saturated carbocycles. The van der Waals surface area contributed by atoms with Gasteiger partial charge in [-0.1, -0.05) is 26.8 Å². The smallest absolute Gasteiger partial charge is 0.348 e. The van der Waals surface area contributed by atoms with E-state index in [1.165, 1.54) is 23.3 Å². The number of nitrogens with zero attached hydrogens (tertiary/aromatic N) is 1. The molecule has 0 fully saturated rings. The van der Waals surface area contributed by atoms with Crippen molar-refractivity contribution >= 4 is 29.1 Å². The minimum atomic E-state index is -0.257. The van der Waals surface area contributed by atoms with Crippen LogP contribution in [0.1, 0.15) is 40.9 Å². The summed E-state index contributed by atoms with van der Waals surface area (Å²) in [6.45, 7) is 6.45. The zero-order valence-corrected chi connectivity index (χ0v) is 14.3. The Balaban J connectivity index is 2.24. The molecule has 2 rings (SSSR count). The van der Waals surface area contributed by atoms with E-state index in [1.54, 1.807) is 18.0 Å². The zero-order chi connectivity index (χ0) is 15.5. The molecule has 0 bridgehead atoms. The molecule has 3 nitrogen and oxygen atoms in total. The Hall–Kier alpha value is -1.33. The predicted octanol–water partition coefficient (Wildman–Crippen LogP) is 4.52. The first-order chi connectivity index (χ1) is 9.91. The van der Waals surface area contributed by atoms with E-state index in [-0.39, 0.29) is 11.4 Å². The highest BCUT2D eigenvalue weighted by Crippen LogP contribution is 2.35. The van der Waals surface area contributed by atoms with E-state index in [0.717, 1.165) is 10.6 Å². The molecule has 21 heavy (non-hydrogen) atoms. The molecule has 0 amide bonds. The topological polar surface area (TPSA) is 39.2 Å². The van der Waals surface area contributed by atoms with Gasteiger partial charge in [0.2, 0.25) is 0 Å². The van der Waals surface area contributed by atoms with Gasteiger partial charge in [0.05, 0.1) is 12.1 Å². The quantitative estimate of drug-likeness (QED) is 0.613. The lowest BCUT2D eigenvalue weighted by atomic mass is 9.94. The van der Waals surface area contributed by atoms with E-state index < -0.39 is 0 Å². The van der Waals surface area contributed by atoms with E-state index in [1.807, 2.05) is 18.2 Å². The van der Waals surface area contributed by atoms with Gasteiger partial charge in [-0.25, -0.2) is 9.78 Å². The van der Waals surface area contributed by atoms with Crippen LogP contribution in [0.5, 0.6) is 0 Å². The molecule has 0 N–H and O–H groups in total. The molecule has 112 valence electrons. The normalized spacial score (nSPS) is 11.4. The highest BCUT2D eigenvalue weighted by atomic mass is 32.2. The first-order valence-corrected chi connectivity index (χ1v) is 8.47. The Morgan fingerprint density at radius 2 is 2.14 bits per heavy atom. The molecule has 0 aliphatic heterocycles. The summed E-state index contributed by atoms with van der Waals surface area (Å²) < 4.78 is 4.90. The van der Waals surface area contributed by atoms with Crippen molar-refractivity contribution in [1.29, 1.82) is 0 Å². The summed E-state index contributed by atoms with van der Waals surface area (Å²) >= 11 is 3.15. The van der Waals surface area contributed by atoms with Gasteiger partial charge in [-0.3, -0.25) is 0 Å². The molecular formula is C16H19NO2S2. The van der Waals surface area contributed by atoms with E-state index in [9.17, 15) is 4.79 Å². The molecule has 0 aromatic carbocycles. The standard InChI is InChI=1S/C16H19NO2S2/c1-16(2,3)12-9-11(14(21-12)15(18)19-4)10-20-13-7-5-6-8-17-13/h5-9H,10H2,1-4H3. The van der Waals surface area contributed by atoms with Gasteiger partial charge in [0.1, 0.15) is 4.88 Å². The number of pyridine rings is 1. The number of thioether (sulfide) groups is 1. The fourth-order valence-corrected chi connectivity index (χ4v) is 3.84. The average molecular weight is 321 g/mol. The molecule has 0 aliphatic rings. The molecule has 0 atom stereocenters. The third-order valence-corrected chi connectivity index (χ3v) is 5.51. The molecule has 2 heterocycles.